The quantitative estimate of drug-likeness (QED) is 0.633. The summed E-state index contributed by atoms with van der Waals surface area (Å²) in [5.41, 5.74) is 8.72. The molecule has 0 atom stereocenters. The van der Waals surface area contributed by atoms with Crippen LogP contribution in [-0.4, -0.2) is 18.6 Å². The maximum atomic E-state index is 11.4. The Morgan fingerprint density at radius 3 is 2.28 bits per heavy atom. The van der Waals surface area contributed by atoms with Gasteiger partial charge in [-0.25, -0.2) is 0 Å². The monoisotopic (exact) mass is 246 g/mol. The molecular formula is C14H18N2O2. The van der Waals surface area contributed by atoms with Crippen molar-refractivity contribution >= 4 is 17.1 Å². The number of rotatable bonds is 4. The molecule has 0 unspecified atom stereocenters. The molecule has 0 saturated carbocycles. The van der Waals surface area contributed by atoms with Gasteiger partial charge in [-0.3, -0.25) is 4.79 Å². The van der Waals surface area contributed by atoms with Crippen molar-refractivity contribution in [2.24, 2.45) is 5.73 Å². The van der Waals surface area contributed by atoms with Crippen molar-refractivity contribution in [1.82, 2.24) is 0 Å². The van der Waals surface area contributed by atoms with E-state index in [1.54, 1.807) is 32.0 Å². The van der Waals surface area contributed by atoms with Crippen LogP contribution >= 0.6 is 0 Å². The number of hydrogen-bond acceptors (Lipinski definition) is 4. The Morgan fingerprint density at radius 1 is 1.28 bits per heavy atom. The number of carbonyl (C=O) groups is 1. The number of ether oxygens (including phenoxy) is 1. The summed E-state index contributed by atoms with van der Waals surface area (Å²) in [6, 6.07) is 5.21. The summed E-state index contributed by atoms with van der Waals surface area (Å²) in [5, 5.41) is 7.74. The van der Waals surface area contributed by atoms with Crippen molar-refractivity contribution in [2.75, 3.05) is 7.11 Å². The molecule has 0 spiro atoms. The van der Waals surface area contributed by atoms with Crippen LogP contribution in [0.3, 0.4) is 0 Å². The molecule has 0 radical (unpaired) electrons. The van der Waals surface area contributed by atoms with Gasteiger partial charge in [0.15, 0.2) is 5.78 Å². The Bertz CT molecular complexity index is 527. The molecule has 4 nitrogen and oxygen atoms in total. The van der Waals surface area contributed by atoms with Gasteiger partial charge in [0.25, 0.3) is 0 Å². The number of Topliss-reactive ketones (excluding diaryl/α,β-unsaturated/α-hetero) is 1. The Morgan fingerprint density at radius 2 is 1.89 bits per heavy atom. The molecule has 0 fully saturated rings. The van der Waals surface area contributed by atoms with Gasteiger partial charge in [0.2, 0.25) is 0 Å². The van der Waals surface area contributed by atoms with Gasteiger partial charge in [0.05, 0.1) is 12.7 Å². The third kappa shape index (κ3) is 2.77. The summed E-state index contributed by atoms with van der Waals surface area (Å²) >= 11 is 0. The van der Waals surface area contributed by atoms with Gasteiger partial charge in [-0.1, -0.05) is 6.07 Å². The second-order valence-electron chi connectivity index (χ2n) is 4.15. The van der Waals surface area contributed by atoms with E-state index in [0.717, 1.165) is 5.56 Å². The topological polar surface area (TPSA) is 76.2 Å². The van der Waals surface area contributed by atoms with E-state index in [2.05, 4.69) is 0 Å². The van der Waals surface area contributed by atoms with Crippen LogP contribution in [-0.2, 0) is 0 Å². The number of ketones is 1. The van der Waals surface area contributed by atoms with Crippen molar-refractivity contribution in [1.29, 1.82) is 5.41 Å². The minimum Gasteiger partial charge on any atom is -0.496 e. The summed E-state index contributed by atoms with van der Waals surface area (Å²) in [4.78, 5) is 11.4. The van der Waals surface area contributed by atoms with Crippen molar-refractivity contribution in [2.45, 2.75) is 20.8 Å². The van der Waals surface area contributed by atoms with Crippen LogP contribution in [0.15, 0.2) is 23.9 Å². The molecule has 0 amide bonds. The van der Waals surface area contributed by atoms with Crippen LogP contribution in [0.4, 0.5) is 0 Å². The Hall–Kier alpha value is -2.10. The maximum Gasteiger partial charge on any atom is 0.163 e. The number of methoxy groups -OCH3 is 1. The lowest BCUT2D eigenvalue weighted by Crippen LogP contribution is -2.06. The summed E-state index contributed by atoms with van der Waals surface area (Å²) in [6.45, 7) is 4.92. The van der Waals surface area contributed by atoms with Crippen molar-refractivity contribution in [3.8, 4) is 5.75 Å². The summed E-state index contributed by atoms with van der Waals surface area (Å²) < 4.78 is 5.20. The second-order valence-corrected chi connectivity index (χ2v) is 4.15. The molecule has 4 heteroatoms. The first-order valence-electron chi connectivity index (χ1n) is 5.59. The predicted molar refractivity (Wildman–Crippen MR) is 73.2 cm³/mol. The molecule has 0 saturated heterocycles. The summed E-state index contributed by atoms with van der Waals surface area (Å²) in [5.74, 6) is 0.444. The Labute approximate surface area is 107 Å². The molecule has 3 N–H and O–H groups in total. The van der Waals surface area contributed by atoms with Crippen LogP contribution in [0.5, 0.6) is 5.75 Å². The lowest BCUT2D eigenvalue weighted by atomic mass is 9.97. The second kappa shape index (κ2) is 5.49. The first-order chi connectivity index (χ1) is 8.38. The molecule has 0 aliphatic rings. The van der Waals surface area contributed by atoms with Gasteiger partial charge in [0.1, 0.15) is 5.75 Å². The molecule has 0 heterocycles. The highest BCUT2D eigenvalue weighted by atomic mass is 16.5. The Balaban J connectivity index is 3.42. The fourth-order valence-corrected chi connectivity index (χ4v) is 1.88. The van der Waals surface area contributed by atoms with Crippen LogP contribution in [0.1, 0.15) is 36.7 Å². The summed E-state index contributed by atoms with van der Waals surface area (Å²) in [6.07, 6.45) is 0. The van der Waals surface area contributed by atoms with E-state index in [4.69, 9.17) is 15.9 Å². The normalized spacial score (nSPS) is 11.8. The van der Waals surface area contributed by atoms with Crippen LogP contribution in [0.25, 0.3) is 5.57 Å². The molecule has 18 heavy (non-hydrogen) atoms. The Kier molecular flexibility index (Phi) is 4.26. The first-order valence-corrected chi connectivity index (χ1v) is 5.59. The zero-order valence-corrected chi connectivity index (χ0v) is 11.1. The predicted octanol–water partition coefficient (Wildman–Crippen LogP) is 2.63. The largest absolute Gasteiger partial charge is 0.496 e. The van der Waals surface area contributed by atoms with E-state index in [9.17, 15) is 4.79 Å². The number of nitrogens with two attached hydrogens (primary N) is 1. The average molecular weight is 246 g/mol. The minimum absolute atomic E-state index is 0.0556. The smallest absolute Gasteiger partial charge is 0.163 e. The first kappa shape index (κ1) is 14.0. The van der Waals surface area contributed by atoms with E-state index >= 15 is 0 Å². The van der Waals surface area contributed by atoms with E-state index in [1.165, 1.54) is 14.0 Å². The van der Waals surface area contributed by atoms with Gasteiger partial charge in [0, 0.05) is 17.0 Å². The van der Waals surface area contributed by atoms with Crippen molar-refractivity contribution < 1.29 is 9.53 Å². The highest BCUT2D eigenvalue weighted by Gasteiger charge is 2.13. The molecule has 1 aromatic carbocycles. The fourth-order valence-electron chi connectivity index (χ4n) is 1.88. The number of carbonyl (C=O) groups excluding carboxylic acids is 1. The van der Waals surface area contributed by atoms with Crippen molar-refractivity contribution in [3.05, 3.63) is 35.0 Å². The van der Waals surface area contributed by atoms with Crippen LogP contribution in [0.2, 0.25) is 0 Å². The molecule has 0 bridgehead atoms. The third-order valence-corrected chi connectivity index (χ3v) is 2.64. The van der Waals surface area contributed by atoms with E-state index in [-0.39, 0.29) is 5.78 Å². The van der Waals surface area contributed by atoms with Gasteiger partial charge in [-0.05, 0) is 38.5 Å². The zero-order chi connectivity index (χ0) is 13.9. The molecule has 96 valence electrons. The van der Waals surface area contributed by atoms with Gasteiger partial charge in [-0.15, -0.1) is 0 Å². The lowest BCUT2D eigenvalue weighted by molar-refractivity contribution is 0.101. The van der Waals surface area contributed by atoms with E-state index in [1.807, 2.05) is 0 Å². The van der Waals surface area contributed by atoms with Crippen LogP contribution < -0.4 is 10.5 Å². The van der Waals surface area contributed by atoms with Gasteiger partial charge in [-0.2, -0.15) is 0 Å². The average Bonchev–Trinajstić information content (AvgIpc) is 2.27. The number of benzene rings is 1. The zero-order valence-electron chi connectivity index (χ0n) is 11.1. The maximum absolute atomic E-state index is 11.4. The highest BCUT2D eigenvalue weighted by Crippen LogP contribution is 2.26. The summed E-state index contributed by atoms with van der Waals surface area (Å²) in [7, 11) is 1.52. The molecule has 0 aromatic heterocycles. The standard InChI is InChI=1S/C14H18N2O2/c1-8(15)14(9(2)16)11-5-6-12(10(3)17)13(7-11)18-4/h5-7,15H,16H2,1-4H3/b14-9+,15-8?. The number of allylic oxidation sites excluding steroid dienone is 2. The molecule has 1 aromatic rings. The van der Waals surface area contributed by atoms with Crippen LogP contribution in [0, 0.1) is 5.41 Å². The van der Waals surface area contributed by atoms with E-state index < -0.39 is 0 Å². The highest BCUT2D eigenvalue weighted by molar-refractivity contribution is 6.22. The lowest BCUT2D eigenvalue weighted by Gasteiger charge is -2.12. The minimum atomic E-state index is -0.0556. The SMILES string of the molecule is COc1cc(/C(C(C)=N)=C(\C)N)ccc1C(C)=O. The molecule has 0 aliphatic carbocycles. The molecule has 1 rings (SSSR count). The molecule has 0 aliphatic heterocycles. The number of hydrogen-bond donors (Lipinski definition) is 2. The fraction of sp³-hybridized carbons (Fsp3) is 0.286. The van der Waals surface area contributed by atoms with Gasteiger partial charge >= 0.3 is 0 Å². The van der Waals surface area contributed by atoms with Gasteiger partial charge < -0.3 is 15.9 Å². The van der Waals surface area contributed by atoms with E-state index in [0.29, 0.717) is 28.3 Å². The molecular weight excluding hydrogens is 228 g/mol. The number of nitrogens with one attached hydrogen (secondary N) is 1. The van der Waals surface area contributed by atoms with Crippen molar-refractivity contribution in [3.63, 3.8) is 0 Å². The third-order valence-electron chi connectivity index (χ3n) is 2.64.